The molecule has 0 aliphatic rings. The first kappa shape index (κ1) is 13.8. The van der Waals surface area contributed by atoms with Crippen LogP contribution in [0.25, 0.3) is 0 Å². The van der Waals surface area contributed by atoms with Crippen LogP contribution in [0, 0.1) is 5.82 Å². The number of nitrogens with two attached hydrogens (primary N) is 1. The number of carbonyl (C=O) groups excluding carboxylic acids is 1. The second-order valence-corrected chi connectivity index (χ2v) is 3.67. The van der Waals surface area contributed by atoms with Crippen molar-refractivity contribution in [3.8, 4) is 0 Å². The van der Waals surface area contributed by atoms with Crippen molar-refractivity contribution in [2.75, 3.05) is 18.1 Å². The number of anilines is 2. The van der Waals surface area contributed by atoms with E-state index >= 15 is 0 Å². The number of rotatable bonds is 4. The summed E-state index contributed by atoms with van der Waals surface area (Å²) in [5, 5.41) is 14.1. The van der Waals surface area contributed by atoms with Gasteiger partial charge in [0.15, 0.2) is 0 Å². The number of nitrogens with one attached hydrogen (secondary N) is 2. The summed E-state index contributed by atoms with van der Waals surface area (Å²) in [6.45, 7) is 1.55. The van der Waals surface area contributed by atoms with E-state index in [4.69, 9.17) is 10.8 Å². The third kappa shape index (κ3) is 2.68. The van der Waals surface area contributed by atoms with Crippen LogP contribution in [0.5, 0.6) is 0 Å². The average molecular weight is 255 g/mol. The summed E-state index contributed by atoms with van der Waals surface area (Å²) in [6, 6.07) is 1.60. The van der Waals surface area contributed by atoms with Crippen molar-refractivity contribution >= 4 is 23.3 Å². The molecule has 0 spiro atoms. The van der Waals surface area contributed by atoms with Crippen LogP contribution in [0.15, 0.2) is 12.1 Å². The van der Waals surface area contributed by atoms with E-state index in [0.717, 1.165) is 6.07 Å². The molecule has 0 bridgehead atoms. The molecule has 0 aromatic heterocycles. The van der Waals surface area contributed by atoms with Gasteiger partial charge in [0.05, 0.1) is 11.4 Å². The van der Waals surface area contributed by atoms with Crippen LogP contribution in [0.3, 0.4) is 0 Å². The summed E-state index contributed by atoms with van der Waals surface area (Å²) >= 11 is 0. The molecule has 0 saturated carbocycles. The van der Waals surface area contributed by atoms with E-state index in [0.29, 0.717) is 0 Å². The zero-order valence-electron chi connectivity index (χ0n) is 9.95. The molecule has 1 amide bonds. The summed E-state index contributed by atoms with van der Waals surface area (Å²) in [5.74, 6) is -2.50. The van der Waals surface area contributed by atoms with Gasteiger partial charge in [-0.2, -0.15) is 0 Å². The van der Waals surface area contributed by atoms with E-state index in [-0.39, 0.29) is 17.2 Å². The molecule has 0 aliphatic heterocycles. The van der Waals surface area contributed by atoms with Gasteiger partial charge in [0.2, 0.25) is 5.91 Å². The summed E-state index contributed by atoms with van der Waals surface area (Å²) in [7, 11) is 1.46. The van der Waals surface area contributed by atoms with E-state index in [1.807, 2.05) is 0 Å². The lowest BCUT2D eigenvalue weighted by Gasteiger charge is -2.16. The highest BCUT2D eigenvalue weighted by Crippen LogP contribution is 2.25. The number of nitrogen functional groups attached to an aromatic ring is 1. The number of carboxylic acid groups (broad SMARTS) is 1. The Morgan fingerprint density at radius 2 is 2.06 bits per heavy atom. The standard InChI is InChI=1S/C11H14FN3O3/c1-5(10(16)14-2)15-7-4-3-6(12)9(13)8(7)11(17)18/h3-5,15H,13H2,1-2H3,(H,14,16)(H,17,18). The number of aromatic carboxylic acids is 1. The lowest BCUT2D eigenvalue weighted by molar-refractivity contribution is -0.121. The first-order valence-electron chi connectivity index (χ1n) is 5.17. The Labute approximate surface area is 103 Å². The fraction of sp³-hybridized carbons (Fsp3) is 0.273. The summed E-state index contributed by atoms with van der Waals surface area (Å²) in [6.07, 6.45) is 0. The molecule has 0 radical (unpaired) electrons. The molecule has 7 heteroatoms. The van der Waals surface area contributed by atoms with Crippen LogP contribution in [0.1, 0.15) is 17.3 Å². The first-order valence-corrected chi connectivity index (χ1v) is 5.17. The number of halogens is 1. The van der Waals surface area contributed by atoms with Crippen LogP contribution in [-0.2, 0) is 4.79 Å². The fourth-order valence-electron chi connectivity index (χ4n) is 1.46. The van der Waals surface area contributed by atoms with Gasteiger partial charge in [0.25, 0.3) is 0 Å². The summed E-state index contributed by atoms with van der Waals surface area (Å²) in [5.41, 5.74) is 4.62. The number of carbonyl (C=O) groups is 2. The lowest BCUT2D eigenvalue weighted by atomic mass is 10.1. The second-order valence-electron chi connectivity index (χ2n) is 3.67. The molecule has 0 fully saturated rings. The largest absolute Gasteiger partial charge is 0.478 e. The molecule has 18 heavy (non-hydrogen) atoms. The number of amides is 1. The van der Waals surface area contributed by atoms with Gasteiger partial charge in [0, 0.05) is 7.05 Å². The van der Waals surface area contributed by atoms with Crippen molar-refractivity contribution in [1.29, 1.82) is 0 Å². The topological polar surface area (TPSA) is 104 Å². The van der Waals surface area contributed by atoms with Crippen LogP contribution in [0.2, 0.25) is 0 Å². The average Bonchev–Trinajstić information content (AvgIpc) is 2.32. The number of benzene rings is 1. The Balaban J connectivity index is 3.13. The van der Waals surface area contributed by atoms with Crippen LogP contribution in [0.4, 0.5) is 15.8 Å². The molecule has 1 unspecified atom stereocenters. The Kier molecular flexibility index (Phi) is 4.09. The Bertz CT molecular complexity index is 491. The zero-order valence-corrected chi connectivity index (χ0v) is 9.95. The minimum atomic E-state index is -1.36. The van der Waals surface area contributed by atoms with E-state index in [1.54, 1.807) is 6.92 Å². The van der Waals surface area contributed by atoms with Gasteiger partial charge >= 0.3 is 5.97 Å². The van der Waals surface area contributed by atoms with E-state index < -0.39 is 23.5 Å². The quantitative estimate of drug-likeness (QED) is 0.591. The lowest BCUT2D eigenvalue weighted by Crippen LogP contribution is -2.35. The maximum Gasteiger partial charge on any atom is 0.340 e. The van der Waals surface area contributed by atoms with Gasteiger partial charge in [-0.25, -0.2) is 9.18 Å². The van der Waals surface area contributed by atoms with Crippen molar-refractivity contribution in [3.63, 3.8) is 0 Å². The van der Waals surface area contributed by atoms with Crippen LogP contribution < -0.4 is 16.4 Å². The fourth-order valence-corrected chi connectivity index (χ4v) is 1.46. The predicted octanol–water partition coefficient (Wildman–Crippen LogP) is 0.652. The molecule has 1 rings (SSSR count). The third-order valence-electron chi connectivity index (χ3n) is 2.42. The molecule has 1 aromatic rings. The molecule has 1 atom stereocenters. The molecule has 0 saturated heterocycles. The van der Waals surface area contributed by atoms with Crippen LogP contribution >= 0.6 is 0 Å². The van der Waals surface area contributed by atoms with E-state index in [9.17, 15) is 14.0 Å². The molecule has 0 aliphatic carbocycles. The van der Waals surface area contributed by atoms with Crippen molar-refractivity contribution in [2.45, 2.75) is 13.0 Å². The van der Waals surface area contributed by atoms with E-state index in [2.05, 4.69) is 10.6 Å². The monoisotopic (exact) mass is 255 g/mol. The Morgan fingerprint density at radius 3 is 2.56 bits per heavy atom. The minimum absolute atomic E-state index is 0.0949. The third-order valence-corrected chi connectivity index (χ3v) is 2.42. The normalized spacial score (nSPS) is 11.7. The highest BCUT2D eigenvalue weighted by Gasteiger charge is 2.20. The van der Waals surface area contributed by atoms with E-state index in [1.165, 1.54) is 13.1 Å². The zero-order chi connectivity index (χ0) is 13.9. The Morgan fingerprint density at radius 1 is 1.44 bits per heavy atom. The number of hydrogen-bond donors (Lipinski definition) is 4. The van der Waals surface area contributed by atoms with Crippen molar-refractivity contribution < 1.29 is 19.1 Å². The minimum Gasteiger partial charge on any atom is -0.478 e. The summed E-state index contributed by atoms with van der Waals surface area (Å²) in [4.78, 5) is 22.4. The summed E-state index contributed by atoms with van der Waals surface area (Å²) < 4.78 is 13.2. The van der Waals surface area contributed by atoms with Crippen molar-refractivity contribution in [1.82, 2.24) is 5.32 Å². The molecular formula is C11H14FN3O3. The molecular weight excluding hydrogens is 241 g/mol. The highest BCUT2D eigenvalue weighted by molar-refractivity contribution is 6.00. The van der Waals surface area contributed by atoms with Gasteiger partial charge in [-0.15, -0.1) is 0 Å². The smallest absolute Gasteiger partial charge is 0.340 e. The number of likely N-dealkylation sites (N-methyl/N-ethyl adjacent to an activating group) is 1. The molecule has 1 aromatic carbocycles. The van der Waals surface area contributed by atoms with Gasteiger partial charge in [0.1, 0.15) is 17.4 Å². The molecule has 5 N–H and O–H groups in total. The number of hydrogen-bond acceptors (Lipinski definition) is 4. The Hall–Kier alpha value is -2.31. The van der Waals surface area contributed by atoms with Gasteiger partial charge in [-0.1, -0.05) is 0 Å². The highest BCUT2D eigenvalue weighted by atomic mass is 19.1. The van der Waals surface area contributed by atoms with Crippen LogP contribution in [-0.4, -0.2) is 30.1 Å². The maximum atomic E-state index is 13.2. The maximum absolute atomic E-state index is 13.2. The predicted molar refractivity (Wildman–Crippen MR) is 64.9 cm³/mol. The van der Waals surface area contributed by atoms with Gasteiger partial charge < -0.3 is 21.5 Å². The molecule has 0 heterocycles. The second kappa shape index (κ2) is 5.35. The van der Waals surface area contributed by atoms with Gasteiger partial charge in [-0.3, -0.25) is 4.79 Å². The van der Waals surface area contributed by atoms with Gasteiger partial charge in [-0.05, 0) is 19.1 Å². The number of carboxylic acids is 1. The SMILES string of the molecule is CNC(=O)C(C)Nc1ccc(F)c(N)c1C(=O)O. The van der Waals surface area contributed by atoms with Crippen molar-refractivity contribution in [2.24, 2.45) is 0 Å². The molecule has 6 nitrogen and oxygen atoms in total. The van der Waals surface area contributed by atoms with Crippen molar-refractivity contribution in [3.05, 3.63) is 23.5 Å². The molecule has 98 valence electrons. The first-order chi connectivity index (χ1) is 8.38.